The van der Waals surface area contributed by atoms with E-state index < -0.39 is 42.1 Å². The van der Waals surface area contributed by atoms with Crippen molar-refractivity contribution >= 4 is 5.57 Å². The van der Waals surface area contributed by atoms with E-state index in [0.29, 0.717) is 37.2 Å². The summed E-state index contributed by atoms with van der Waals surface area (Å²) in [6, 6.07) is 1.14. The van der Waals surface area contributed by atoms with Crippen LogP contribution in [0.2, 0.25) is 0 Å². The Labute approximate surface area is 185 Å². The van der Waals surface area contributed by atoms with Gasteiger partial charge in [-0.25, -0.2) is 8.78 Å². The van der Waals surface area contributed by atoms with Gasteiger partial charge in [-0.2, -0.15) is 26.3 Å². The smallest absolute Gasteiger partial charge is 0.448 e. The van der Waals surface area contributed by atoms with Crippen LogP contribution in [0.1, 0.15) is 38.2 Å². The van der Waals surface area contributed by atoms with Crippen molar-refractivity contribution < 1.29 is 49.3 Å². The molecule has 3 rings (SSSR count). The first-order valence-electron chi connectivity index (χ1n) is 10.5. The molecule has 1 aromatic carbocycles. The van der Waals surface area contributed by atoms with Gasteiger partial charge in [0, 0.05) is 11.5 Å². The van der Waals surface area contributed by atoms with Crippen molar-refractivity contribution in [1.82, 2.24) is 0 Å². The van der Waals surface area contributed by atoms with Gasteiger partial charge in [-0.15, -0.1) is 0 Å². The number of hydrogen-bond acceptors (Lipinski definition) is 3. The van der Waals surface area contributed by atoms with Crippen LogP contribution in [0, 0.1) is 29.4 Å². The molecule has 1 saturated carbocycles. The number of ether oxygens (including phenoxy) is 3. The summed E-state index contributed by atoms with van der Waals surface area (Å²) in [5.74, 6) is -9.74. The lowest BCUT2D eigenvalue weighted by molar-refractivity contribution is -0.328. The summed E-state index contributed by atoms with van der Waals surface area (Å²) in [6.45, 7) is 6.58. The molecule has 0 bridgehead atoms. The van der Waals surface area contributed by atoms with Gasteiger partial charge in [-0.3, -0.25) is 0 Å². The Morgan fingerprint density at radius 3 is 1.97 bits per heavy atom. The summed E-state index contributed by atoms with van der Waals surface area (Å²) in [5.41, 5.74) is -0.197. The second-order valence-corrected chi connectivity index (χ2v) is 8.63. The summed E-state index contributed by atoms with van der Waals surface area (Å²) in [7, 11) is 0. The van der Waals surface area contributed by atoms with Crippen molar-refractivity contribution in [2.24, 2.45) is 17.8 Å². The average molecular weight is 488 g/mol. The third-order valence-electron chi connectivity index (χ3n) is 6.19. The fourth-order valence-electron chi connectivity index (χ4n) is 4.05. The molecule has 33 heavy (non-hydrogen) atoms. The van der Waals surface area contributed by atoms with Crippen molar-refractivity contribution in [3.8, 4) is 5.75 Å². The molecule has 2 aliphatic rings. The van der Waals surface area contributed by atoms with Gasteiger partial charge in [0.1, 0.15) is 0 Å². The first kappa shape index (κ1) is 25.7. The Balaban J connectivity index is 1.64. The standard InChI is InChI=1S/C22H24F8O3/c1-11-3-5-13(6-4-11)15-9-31-19(32-10-15)12(2)14-7-16(23)18(17(24)8-14)33-20(25)21(26,27)22(28,29)30/h7-8,11,13,15,19-20H,2-6,9-10H2,1H3. The van der Waals surface area contributed by atoms with E-state index in [0.717, 1.165) is 25.7 Å². The van der Waals surface area contributed by atoms with Crippen LogP contribution < -0.4 is 4.74 Å². The maximum Gasteiger partial charge on any atom is 0.460 e. The van der Waals surface area contributed by atoms with Crippen LogP contribution in [0.5, 0.6) is 5.75 Å². The SMILES string of the molecule is C=C(c1cc(F)c(OC(F)C(F)(F)C(F)(F)F)c(F)c1)C1OCC(C2CCC(C)CC2)CO1. The lowest BCUT2D eigenvalue weighted by Gasteiger charge is -2.37. The predicted octanol–water partition coefficient (Wildman–Crippen LogP) is 6.67. The largest absolute Gasteiger partial charge is 0.460 e. The van der Waals surface area contributed by atoms with E-state index in [1.54, 1.807) is 0 Å². The molecule has 3 nitrogen and oxygen atoms in total. The van der Waals surface area contributed by atoms with E-state index in [4.69, 9.17) is 9.47 Å². The van der Waals surface area contributed by atoms with Crippen LogP contribution in [0.3, 0.4) is 0 Å². The van der Waals surface area contributed by atoms with Crippen molar-refractivity contribution in [2.45, 2.75) is 57.4 Å². The zero-order valence-electron chi connectivity index (χ0n) is 17.7. The molecule has 1 atom stereocenters. The molecule has 1 aliphatic heterocycles. The number of rotatable bonds is 6. The van der Waals surface area contributed by atoms with Crippen molar-refractivity contribution in [1.29, 1.82) is 0 Å². The number of alkyl halides is 6. The summed E-state index contributed by atoms with van der Waals surface area (Å²) in [6.07, 6.45) is -7.32. The van der Waals surface area contributed by atoms with Crippen molar-refractivity contribution in [3.63, 3.8) is 0 Å². The van der Waals surface area contributed by atoms with Crippen LogP contribution in [-0.4, -0.2) is 38.0 Å². The molecule has 1 aliphatic carbocycles. The zero-order chi connectivity index (χ0) is 24.6. The van der Waals surface area contributed by atoms with Gasteiger partial charge in [-0.1, -0.05) is 26.3 Å². The van der Waals surface area contributed by atoms with Gasteiger partial charge in [0.25, 0.3) is 0 Å². The van der Waals surface area contributed by atoms with E-state index in [-0.39, 0.29) is 17.1 Å². The Morgan fingerprint density at radius 1 is 0.970 bits per heavy atom. The Kier molecular flexibility index (Phi) is 7.62. The zero-order valence-corrected chi connectivity index (χ0v) is 17.7. The monoisotopic (exact) mass is 488 g/mol. The van der Waals surface area contributed by atoms with Gasteiger partial charge in [0.15, 0.2) is 23.7 Å². The van der Waals surface area contributed by atoms with E-state index in [9.17, 15) is 35.1 Å². The summed E-state index contributed by atoms with van der Waals surface area (Å²) in [5, 5.41) is 0. The number of hydrogen-bond donors (Lipinski definition) is 0. The molecular weight excluding hydrogens is 464 g/mol. The molecule has 0 spiro atoms. The quantitative estimate of drug-likeness (QED) is 0.419. The molecule has 1 saturated heterocycles. The minimum Gasteiger partial charge on any atom is -0.448 e. The van der Waals surface area contributed by atoms with Gasteiger partial charge in [0.05, 0.1) is 13.2 Å². The van der Waals surface area contributed by atoms with Gasteiger partial charge in [-0.05, 0) is 42.4 Å². The highest BCUT2D eigenvalue weighted by Crippen LogP contribution is 2.41. The topological polar surface area (TPSA) is 27.7 Å². The predicted molar refractivity (Wildman–Crippen MR) is 102 cm³/mol. The maximum absolute atomic E-state index is 14.2. The molecule has 1 unspecified atom stereocenters. The Hall–Kier alpha value is -1.88. The van der Waals surface area contributed by atoms with Crippen molar-refractivity contribution in [2.75, 3.05) is 13.2 Å². The van der Waals surface area contributed by atoms with E-state index in [1.165, 1.54) is 0 Å². The maximum atomic E-state index is 14.2. The minimum absolute atomic E-state index is 0.00693. The van der Waals surface area contributed by atoms with E-state index in [2.05, 4.69) is 18.2 Å². The molecule has 0 radical (unpaired) electrons. The summed E-state index contributed by atoms with van der Waals surface area (Å²) in [4.78, 5) is 0. The molecule has 1 heterocycles. The summed E-state index contributed by atoms with van der Waals surface area (Å²) < 4.78 is 120. The minimum atomic E-state index is -6.31. The molecule has 186 valence electrons. The van der Waals surface area contributed by atoms with Crippen LogP contribution in [0.4, 0.5) is 35.1 Å². The third-order valence-corrected chi connectivity index (χ3v) is 6.19. The lowest BCUT2D eigenvalue weighted by atomic mass is 9.76. The van der Waals surface area contributed by atoms with Crippen LogP contribution in [0.25, 0.3) is 5.57 Å². The number of benzene rings is 1. The average Bonchev–Trinajstić information content (AvgIpc) is 2.75. The molecular formula is C22H24F8O3. The Bertz CT molecular complexity index is 818. The summed E-state index contributed by atoms with van der Waals surface area (Å²) >= 11 is 0. The second-order valence-electron chi connectivity index (χ2n) is 8.63. The van der Waals surface area contributed by atoms with Crippen LogP contribution >= 0.6 is 0 Å². The van der Waals surface area contributed by atoms with Gasteiger partial charge >= 0.3 is 18.5 Å². The second kappa shape index (κ2) is 9.77. The highest BCUT2D eigenvalue weighted by atomic mass is 19.4. The van der Waals surface area contributed by atoms with E-state index in [1.807, 2.05) is 0 Å². The van der Waals surface area contributed by atoms with Gasteiger partial charge in [0.2, 0.25) is 0 Å². The molecule has 0 amide bonds. The van der Waals surface area contributed by atoms with Crippen molar-refractivity contribution in [3.05, 3.63) is 35.9 Å². The van der Waals surface area contributed by atoms with Crippen LogP contribution in [0.15, 0.2) is 18.7 Å². The van der Waals surface area contributed by atoms with E-state index >= 15 is 0 Å². The number of halogens is 8. The fraction of sp³-hybridized carbons (Fsp3) is 0.636. The molecule has 2 fully saturated rings. The molecule has 11 heteroatoms. The molecule has 0 N–H and O–H groups in total. The van der Waals surface area contributed by atoms with Gasteiger partial charge < -0.3 is 14.2 Å². The first-order chi connectivity index (χ1) is 15.3. The van der Waals surface area contributed by atoms with Crippen LogP contribution in [-0.2, 0) is 9.47 Å². The highest BCUT2D eigenvalue weighted by molar-refractivity contribution is 5.66. The Morgan fingerprint density at radius 2 is 1.48 bits per heavy atom. The molecule has 1 aromatic rings. The lowest BCUT2D eigenvalue weighted by Crippen LogP contribution is -2.47. The first-order valence-corrected chi connectivity index (χ1v) is 10.5. The normalized spacial score (nSPS) is 27.8. The fourth-order valence-corrected chi connectivity index (χ4v) is 4.05. The highest BCUT2D eigenvalue weighted by Gasteiger charge is 2.65. The molecule has 0 aromatic heterocycles. The third kappa shape index (κ3) is 5.62.